The highest BCUT2D eigenvalue weighted by Gasteiger charge is 2.18. The van der Waals surface area contributed by atoms with Gasteiger partial charge < -0.3 is 24.3 Å². The number of hydrogen-bond acceptors (Lipinski definition) is 4. The molecule has 4 aromatic rings. The number of nitrogens with zero attached hydrogens (tertiary/aromatic N) is 1. The van der Waals surface area contributed by atoms with E-state index in [-0.39, 0.29) is 13.0 Å². The smallest absolute Gasteiger partial charge is 0.323 e. The summed E-state index contributed by atoms with van der Waals surface area (Å²) >= 11 is 12.2. The molecule has 1 aromatic heterocycles. The quantitative estimate of drug-likeness (QED) is 0.109. The van der Waals surface area contributed by atoms with E-state index in [4.69, 9.17) is 37.8 Å². The SMILES string of the molecule is Cc1cc(Cl)cc(Cl)c1OC/C=C/COc1ccc(/C=C/c2cccc3c(CCCC(=O)O)c(C)n(CC(=O)O)c23)cc1. The molecule has 43 heavy (non-hydrogen) atoms. The van der Waals surface area contributed by atoms with Crippen LogP contribution in [0.25, 0.3) is 23.1 Å². The van der Waals surface area contributed by atoms with Crippen LogP contribution < -0.4 is 9.47 Å². The van der Waals surface area contributed by atoms with Crippen molar-refractivity contribution in [3.05, 3.63) is 105 Å². The molecular weight excluding hydrogens is 589 g/mol. The van der Waals surface area contributed by atoms with Crippen molar-refractivity contribution in [1.29, 1.82) is 0 Å². The van der Waals surface area contributed by atoms with Gasteiger partial charge in [-0.3, -0.25) is 9.59 Å². The summed E-state index contributed by atoms with van der Waals surface area (Å²) in [5, 5.41) is 20.6. The van der Waals surface area contributed by atoms with E-state index in [2.05, 4.69) is 0 Å². The number of aliphatic carboxylic acids is 2. The number of carbonyl (C=O) groups is 2. The van der Waals surface area contributed by atoms with Crippen LogP contribution in [0.1, 0.15) is 40.8 Å². The lowest BCUT2D eigenvalue weighted by atomic mass is 10.0. The zero-order valence-electron chi connectivity index (χ0n) is 24.0. The first-order chi connectivity index (χ1) is 20.6. The topological polar surface area (TPSA) is 98.0 Å². The second kappa shape index (κ2) is 14.8. The molecule has 0 atom stereocenters. The second-order valence-corrected chi connectivity index (χ2v) is 10.9. The Kier molecular flexibility index (Phi) is 10.9. The Morgan fingerprint density at radius 2 is 1.63 bits per heavy atom. The van der Waals surface area contributed by atoms with Gasteiger partial charge in [0.25, 0.3) is 0 Å². The average Bonchev–Trinajstić information content (AvgIpc) is 3.21. The number of carboxylic acid groups (broad SMARTS) is 2. The third-order valence-corrected chi connectivity index (χ3v) is 7.48. The van der Waals surface area contributed by atoms with Crippen molar-refractivity contribution in [1.82, 2.24) is 4.57 Å². The lowest BCUT2D eigenvalue weighted by Crippen LogP contribution is -2.10. The maximum Gasteiger partial charge on any atom is 0.323 e. The Hall–Kier alpha value is -4.20. The first kappa shape index (κ1) is 31.7. The van der Waals surface area contributed by atoms with Gasteiger partial charge in [-0.25, -0.2) is 0 Å². The van der Waals surface area contributed by atoms with Gasteiger partial charge in [0, 0.05) is 22.5 Å². The first-order valence-electron chi connectivity index (χ1n) is 13.8. The Bertz CT molecular complexity index is 1650. The van der Waals surface area contributed by atoms with Crippen LogP contribution in [0.3, 0.4) is 0 Å². The van der Waals surface area contributed by atoms with Crippen LogP contribution in [0.4, 0.5) is 0 Å². The van der Waals surface area contributed by atoms with Gasteiger partial charge in [-0.05, 0) is 85.4 Å². The fraction of sp³-hybridized carbons (Fsp3) is 0.235. The third kappa shape index (κ3) is 8.43. The molecule has 0 aliphatic rings. The van der Waals surface area contributed by atoms with Crippen LogP contribution in [-0.2, 0) is 22.6 Å². The predicted octanol–water partition coefficient (Wildman–Crippen LogP) is 8.24. The monoisotopic (exact) mass is 621 g/mol. The lowest BCUT2D eigenvalue weighted by Gasteiger charge is -2.09. The van der Waals surface area contributed by atoms with Gasteiger partial charge in [-0.15, -0.1) is 0 Å². The summed E-state index contributed by atoms with van der Waals surface area (Å²) in [4.78, 5) is 22.7. The minimum Gasteiger partial charge on any atom is -0.490 e. The number of carboxylic acids is 2. The molecule has 3 aromatic carbocycles. The van der Waals surface area contributed by atoms with Crippen molar-refractivity contribution in [2.24, 2.45) is 0 Å². The number of ether oxygens (including phenoxy) is 2. The Balaban J connectivity index is 1.40. The number of halogens is 2. The molecule has 0 unspecified atom stereocenters. The summed E-state index contributed by atoms with van der Waals surface area (Å²) in [5.41, 5.74) is 5.36. The molecule has 4 rings (SSSR count). The largest absolute Gasteiger partial charge is 0.490 e. The van der Waals surface area contributed by atoms with Crippen LogP contribution in [0.2, 0.25) is 10.0 Å². The molecule has 0 radical (unpaired) electrons. The van der Waals surface area contributed by atoms with Crippen molar-refractivity contribution < 1.29 is 29.3 Å². The van der Waals surface area contributed by atoms with Crippen LogP contribution in [0.15, 0.2) is 66.7 Å². The van der Waals surface area contributed by atoms with E-state index in [0.717, 1.165) is 44.6 Å². The molecule has 7 nitrogen and oxygen atoms in total. The number of para-hydroxylation sites is 1. The van der Waals surface area contributed by atoms with Gasteiger partial charge in [0.05, 0.1) is 10.5 Å². The standard InChI is InChI=1S/C34H33Cl2NO6/c1-22-19-26(35)20-30(36)34(22)43-18-4-3-17-42-27-15-12-24(13-16-27)11-14-25-7-5-9-29-28(8-6-10-31(38)39)23(2)37(33(25)29)21-32(40)41/h3-5,7,9,11-16,19-20H,6,8,10,17-18,21H2,1-2H3,(H,38,39)(H,40,41)/b4-3+,14-11+. The normalized spacial score (nSPS) is 11.5. The van der Waals surface area contributed by atoms with Gasteiger partial charge in [0.1, 0.15) is 31.3 Å². The second-order valence-electron chi connectivity index (χ2n) is 10.1. The molecular formula is C34H33Cl2NO6. The van der Waals surface area contributed by atoms with E-state index < -0.39 is 11.9 Å². The Morgan fingerprint density at radius 3 is 2.30 bits per heavy atom. The fourth-order valence-electron chi connectivity index (χ4n) is 4.98. The molecule has 0 fully saturated rings. The van der Waals surface area contributed by atoms with Crippen molar-refractivity contribution >= 4 is 58.2 Å². The van der Waals surface area contributed by atoms with E-state index in [1.807, 2.05) is 80.6 Å². The van der Waals surface area contributed by atoms with E-state index in [1.165, 1.54) is 0 Å². The summed E-state index contributed by atoms with van der Waals surface area (Å²) in [6, 6.07) is 17.0. The highest BCUT2D eigenvalue weighted by Crippen LogP contribution is 2.32. The average molecular weight is 623 g/mol. The number of aromatic nitrogens is 1. The summed E-state index contributed by atoms with van der Waals surface area (Å²) in [7, 11) is 0. The van der Waals surface area contributed by atoms with E-state index in [9.17, 15) is 14.7 Å². The number of hydrogen-bond donors (Lipinski definition) is 2. The van der Waals surface area contributed by atoms with Crippen molar-refractivity contribution in [2.45, 2.75) is 39.7 Å². The summed E-state index contributed by atoms with van der Waals surface area (Å²) in [5.74, 6) is -0.449. The maximum absolute atomic E-state index is 11.7. The highest BCUT2D eigenvalue weighted by atomic mass is 35.5. The molecule has 1 heterocycles. The minimum atomic E-state index is -0.935. The molecule has 9 heteroatoms. The molecule has 0 saturated heterocycles. The van der Waals surface area contributed by atoms with Crippen LogP contribution >= 0.6 is 23.2 Å². The summed E-state index contributed by atoms with van der Waals surface area (Å²) in [6.45, 7) is 4.33. The highest BCUT2D eigenvalue weighted by molar-refractivity contribution is 6.35. The summed E-state index contributed by atoms with van der Waals surface area (Å²) < 4.78 is 13.4. The fourth-order valence-corrected chi connectivity index (χ4v) is 5.63. The Morgan fingerprint density at radius 1 is 0.907 bits per heavy atom. The molecule has 0 saturated carbocycles. The Labute approximate surface area is 260 Å². The van der Waals surface area contributed by atoms with Gasteiger partial charge >= 0.3 is 11.9 Å². The van der Waals surface area contributed by atoms with Crippen molar-refractivity contribution in [3.63, 3.8) is 0 Å². The van der Waals surface area contributed by atoms with Gasteiger partial charge in [-0.2, -0.15) is 0 Å². The zero-order chi connectivity index (χ0) is 30.9. The van der Waals surface area contributed by atoms with Gasteiger partial charge in [0.15, 0.2) is 0 Å². The number of fused-ring (bicyclic) bond motifs is 1. The molecule has 2 N–H and O–H groups in total. The predicted molar refractivity (Wildman–Crippen MR) is 172 cm³/mol. The molecule has 0 bridgehead atoms. The minimum absolute atomic E-state index is 0.0639. The summed E-state index contributed by atoms with van der Waals surface area (Å²) in [6.07, 6.45) is 8.78. The maximum atomic E-state index is 11.7. The molecule has 0 amide bonds. The molecule has 0 aliphatic heterocycles. The molecule has 224 valence electrons. The third-order valence-electron chi connectivity index (χ3n) is 6.98. The number of rotatable bonds is 14. The molecule has 0 spiro atoms. The van der Waals surface area contributed by atoms with Gasteiger partial charge in [0.2, 0.25) is 0 Å². The van der Waals surface area contributed by atoms with Crippen molar-refractivity contribution in [3.8, 4) is 11.5 Å². The van der Waals surface area contributed by atoms with Crippen LogP contribution in [-0.4, -0.2) is 39.9 Å². The van der Waals surface area contributed by atoms with Gasteiger partial charge in [-0.1, -0.05) is 65.7 Å². The number of aryl methyl sites for hydroxylation is 2. The van der Waals surface area contributed by atoms with Crippen LogP contribution in [0.5, 0.6) is 11.5 Å². The molecule has 0 aliphatic carbocycles. The first-order valence-corrected chi connectivity index (χ1v) is 14.6. The van der Waals surface area contributed by atoms with E-state index in [1.54, 1.807) is 16.7 Å². The lowest BCUT2D eigenvalue weighted by molar-refractivity contribution is -0.138. The van der Waals surface area contributed by atoms with Crippen LogP contribution in [0, 0.1) is 13.8 Å². The van der Waals surface area contributed by atoms with Crippen molar-refractivity contribution in [2.75, 3.05) is 13.2 Å². The van der Waals surface area contributed by atoms with E-state index >= 15 is 0 Å². The zero-order valence-corrected chi connectivity index (χ0v) is 25.5. The van der Waals surface area contributed by atoms with E-state index in [0.29, 0.717) is 41.9 Å². The number of benzene rings is 3.